The maximum atomic E-state index is 10.7. The predicted molar refractivity (Wildman–Crippen MR) is 63.1 cm³/mol. The zero-order chi connectivity index (χ0) is 13.0. The molecule has 0 saturated heterocycles. The fraction of sp³-hybridized carbons (Fsp3) is 0. The van der Waals surface area contributed by atoms with Crippen molar-refractivity contribution in [1.82, 2.24) is 0 Å². The lowest BCUT2D eigenvalue weighted by Crippen LogP contribution is -2.10. The molecule has 0 fully saturated rings. The van der Waals surface area contributed by atoms with Crippen molar-refractivity contribution in [2.75, 3.05) is 0 Å². The molecule has 1 aromatic carbocycles. The van der Waals surface area contributed by atoms with Crippen molar-refractivity contribution in [2.45, 2.75) is 0 Å². The van der Waals surface area contributed by atoms with Crippen molar-refractivity contribution >= 4 is 39.5 Å². The highest BCUT2D eigenvalue weighted by atomic mass is 79.9. The molecule has 0 aliphatic rings. The van der Waals surface area contributed by atoms with Crippen LogP contribution < -0.4 is 4.74 Å². The quantitative estimate of drug-likeness (QED) is 0.657. The van der Waals surface area contributed by atoms with Crippen molar-refractivity contribution < 1.29 is 24.5 Å². The van der Waals surface area contributed by atoms with E-state index >= 15 is 0 Å². The maximum Gasteiger partial charge on any atom is 0.372 e. The summed E-state index contributed by atoms with van der Waals surface area (Å²) in [6.45, 7) is 0. The third-order valence-corrected chi connectivity index (χ3v) is 2.96. The zero-order valence-electron chi connectivity index (χ0n) is 8.18. The summed E-state index contributed by atoms with van der Waals surface area (Å²) in [5, 5.41) is 17.5. The van der Waals surface area contributed by atoms with Crippen molar-refractivity contribution in [2.24, 2.45) is 0 Å². The molecule has 0 atom stereocenters. The molecule has 0 aromatic heterocycles. The second-order valence-electron chi connectivity index (χ2n) is 2.81. The van der Waals surface area contributed by atoms with E-state index in [0.29, 0.717) is 15.6 Å². The van der Waals surface area contributed by atoms with E-state index in [1.807, 2.05) is 0 Å². The number of ether oxygens (including phenoxy) is 1. The van der Waals surface area contributed by atoms with E-state index < -0.39 is 17.7 Å². The third-order valence-electron chi connectivity index (χ3n) is 1.60. The molecule has 2 N–H and O–H groups in total. The molecular formula is C10H6BrClO5. The van der Waals surface area contributed by atoms with Gasteiger partial charge in [0.05, 0.1) is 15.6 Å². The van der Waals surface area contributed by atoms with E-state index in [1.165, 1.54) is 6.07 Å². The molecule has 0 amide bonds. The van der Waals surface area contributed by atoms with Crippen LogP contribution in [0.25, 0.3) is 0 Å². The fourth-order valence-corrected chi connectivity index (χ4v) is 1.44. The molecule has 0 aliphatic carbocycles. The summed E-state index contributed by atoms with van der Waals surface area (Å²) in [6.07, 6.45) is 0.454. The average Bonchev–Trinajstić information content (AvgIpc) is 2.22. The topological polar surface area (TPSA) is 83.8 Å². The third kappa shape index (κ3) is 3.76. The molecule has 1 aromatic rings. The summed E-state index contributed by atoms with van der Waals surface area (Å²) in [7, 11) is 0. The van der Waals surface area contributed by atoms with Crippen LogP contribution in [0.5, 0.6) is 5.75 Å². The number of halogens is 2. The van der Waals surface area contributed by atoms with E-state index in [9.17, 15) is 9.59 Å². The van der Waals surface area contributed by atoms with E-state index in [2.05, 4.69) is 15.9 Å². The molecule has 0 spiro atoms. The van der Waals surface area contributed by atoms with Crippen LogP contribution in [-0.2, 0) is 9.59 Å². The zero-order valence-corrected chi connectivity index (χ0v) is 10.5. The number of carbonyl (C=O) groups is 2. The Morgan fingerprint density at radius 3 is 2.53 bits per heavy atom. The van der Waals surface area contributed by atoms with Gasteiger partial charge >= 0.3 is 11.9 Å². The average molecular weight is 322 g/mol. The molecule has 0 aliphatic heterocycles. The van der Waals surface area contributed by atoms with Gasteiger partial charge in [-0.15, -0.1) is 0 Å². The Balaban J connectivity index is 3.07. The first kappa shape index (κ1) is 13.5. The minimum atomic E-state index is -1.49. The lowest BCUT2D eigenvalue weighted by molar-refractivity contribution is -0.137. The smallest absolute Gasteiger partial charge is 0.372 e. The summed E-state index contributed by atoms with van der Waals surface area (Å²) in [5.74, 6) is -3.49. The standard InChI is InChI=1S/C10H6BrClO5/c11-9-5(12)2-1-3-6(9)17-7(10(15)16)4-8(13)14/h1-4H,(H,13,14)(H,15,16). The van der Waals surface area contributed by atoms with Gasteiger partial charge in [0.25, 0.3) is 0 Å². The van der Waals surface area contributed by atoms with Crippen LogP contribution in [0.1, 0.15) is 0 Å². The summed E-state index contributed by atoms with van der Waals surface area (Å²) in [6, 6.07) is 4.57. The van der Waals surface area contributed by atoms with E-state index in [4.69, 9.17) is 26.6 Å². The second-order valence-corrected chi connectivity index (χ2v) is 4.01. The molecule has 5 nitrogen and oxygen atoms in total. The first-order valence-corrected chi connectivity index (χ1v) is 5.38. The Labute approximate surface area is 109 Å². The maximum absolute atomic E-state index is 10.7. The molecule has 17 heavy (non-hydrogen) atoms. The Morgan fingerprint density at radius 2 is 2.00 bits per heavy atom. The van der Waals surface area contributed by atoms with Gasteiger partial charge in [0, 0.05) is 0 Å². The van der Waals surface area contributed by atoms with Crippen LogP contribution in [0.15, 0.2) is 34.5 Å². The number of aliphatic carboxylic acids is 2. The summed E-state index contributed by atoms with van der Waals surface area (Å²) in [4.78, 5) is 21.1. The van der Waals surface area contributed by atoms with Gasteiger partial charge in [-0.3, -0.25) is 0 Å². The first-order chi connectivity index (χ1) is 7.91. The predicted octanol–water partition coefficient (Wildman–Crippen LogP) is 2.53. The largest absolute Gasteiger partial charge is 0.478 e. The molecule has 0 radical (unpaired) electrons. The van der Waals surface area contributed by atoms with Gasteiger partial charge in [0.2, 0.25) is 5.76 Å². The van der Waals surface area contributed by atoms with Crippen molar-refractivity contribution in [3.8, 4) is 5.75 Å². The molecular weight excluding hydrogens is 315 g/mol. The van der Waals surface area contributed by atoms with Crippen molar-refractivity contribution in [3.05, 3.63) is 39.5 Å². The summed E-state index contributed by atoms with van der Waals surface area (Å²) >= 11 is 8.87. The number of carboxylic acid groups (broad SMARTS) is 2. The van der Waals surface area contributed by atoms with E-state index in [0.717, 1.165) is 0 Å². The number of carboxylic acids is 2. The first-order valence-electron chi connectivity index (χ1n) is 4.21. The van der Waals surface area contributed by atoms with Gasteiger partial charge in [-0.25, -0.2) is 9.59 Å². The summed E-state index contributed by atoms with van der Waals surface area (Å²) in [5.41, 5.74) is 0. The molecule has 0 bridgehead atoms. The van der Waals surface area contributed by atoms with Crippen LogP contribution >= 0.6 is 27.5 Å². The summed E-state index contributed by atoms with van der Waals surface area (Å²) < 4.78 is 5.29. The van der Waals surface area contributed by atoms with Crippen LogP contribution in [0.4, 0.5) is 0 Å². The Bertz CT molecular complexity index is 497. The Kier molecular flexibility index (Phi) is 4.53. The van der Waals surface area contributed by atoms with Gasteiger partial charge in [-0.05, 0) is 28.1 Å². The van der Waals surface area contributed by atoms with Gasteiger partial charge in [0.15, 0.2) is 0 Å². The van der Waals surface area contributed by atoms with E-state index in [-0.39, 0.29) is 5.75 Å². The fourth-order valence-electron chi connectivity index (χ4n) is 0.928. The van der Waals surface area contributed by atoms with Crippen molar-refractivity contribution in [1.29, 1.82) is 0 Å². The Hall–Kier alpha value is -1.53. The van der Waals surface area contributed by atoms with Gasteiger partial charge in [-0.2, -0.15) is 0 Å². The van der Waals surface area contributed by atoms with Crippen LogP contribution in [0.3, 0.4) is 0 Å². The lowest BCUT2D eigenvalue weighted by atomic mass is 10.3. The number of hydrogen-bond donors (Lipinski definition) is 2. The van der Waals surface area contributed by atoms with Gasteiger partial charge in [0.1, 0.15) is 5.75 Å². The SMILES string of the molecule is O=C(O)C=C(Oc1cccc(Cl)c1Br)C(=O)O. The number of rotatable bonds is 4. The highest BCUT2D eigenvalue weighted by Crippen LogP contribution is 2.32. The minimum Gasteiger partial charge on any atom is -0.478 e. The number of benzene rings is 1. The molecule has 0 heterocycles. The monoisotopic (exact) mass is 320 g/mol. The van der Waals surface area contributed by atoms with Crippen LogP contribution in [-0.4, -0.2) is 22.2 Å². The molecule has 0 saturated carbocycles. The van der Waals surface area contributed by atoms with Crippen molar-refractivity contribution in [3.63, 3.8) is 0 Å². The Morgan fingerprint density at radius 1 is 1.35 bits per heavy atom. The van der Waals surface area contributed by atoms with Gasteiger partial charge < -0.3 is 14.9 Å². The molecule has 0 unspecified atom stereocenters. The highest BCUT2D eigenvalue weighted by molar-refractivity contribution is 9.10. The highest BCUT2D eigenvalue weighted by Gasteiger charge is 2.15. The molecule has 7 heteroatoms. The van der Waals surface area contributed by atoms with Gasteiger partial charge in [-0.1, -0.05) is 17.7 Å². The normalized spacial score (nSPS) is 11.1. The minimum absolute atomic E-state index is 0.118. The van der Waals surface area contributed by atoms with Crippen LogP contribution in [0, 0.1) is 0 Å². The van der Waals surface area contributed by atoms with E-state index in [1.54, 1.807) is 12.1 Å². The molecule has 90 valence electrons. The molecule has 1 rings (SSSR count). The van der Waals surface area contributed by atoms with Crippen LogP contribution in [0.2, 0.25) is 5.02 Å². The second kappa shape index (κ2) is 5.70. The lowest BCUT2D eigenvalue weighted by Gasteiger charge is -2.08. The number of hydrogen-bond acceptors (Lipinski definition) is 3.